The molecule has 2 heterocycles. The summed E-state index contributed by atoms with van der Waals surface area (Å²) < 4.78 is 6.17. The number of anilines is 1. The van der Waals surface area contributed by atoms with Gasteiger partial charge in [-0.25, -0.2) is 0 Å². The highest BCUT2D eigenvalue weighted by molar-refractivity contribution is 5.73. The third-order valence-electron chi connectivity index (χ3n) is 4.28. The van der Waals surface area contributed by atoms with E-state index in [-0.39, 0.29) is 11.1 Å². The van der Waals surface area contributed by atoms with Gasteiger partial charge >= 0.3 is 0 Å². The molecule has 0 saturated carbocycles. The summed E-state index contributed by atoms with van der Waals surface area (Å²) in [7, 11) is 0. The number of hydrogen-bond donors (Lipinski definition) is 1. The fraction of sp³-hybridized carbons (Fsp3) is 0.625. The second-order valence-electron chi connectivity index (χ2n) is 7.14. The molecule has 1 N–H and O–H groups in total. The zero-order valence-corrected chi connectivity index (χ0v) is 12.3. The van der Waals surface area contributed by atoms with E-state index >= 15 is 0 Å². The molecular formula is C16H23NO. The van der Waals surface area contributed by atoms with Gasteiger partial charge in [-0.1, -0.05) is 0 Å². The molecule has 18 heavy (non-hydrogen) atoms. The molecule has 0 spiro atoms. The van der Waals surface area contributed by atoms with Crippen LogP contribution in [0.5, 0.6) is 5.75 Å². The minimum atomic E-state index is -0.0542. The fourth-order valence-electron chi connectivity index (χ4n) is 3.35. The molecule has 0 unspecified atom stereocenters. The van der Waals surface area contributed by atoms with Gasteiger partial charge in [0.25, 0.3) is 0 Å². The third-order valence-corrected chi connectivity index (χ3v) is 4.28. The predicted molar refractivity (Wildman–Crippen MR) is 75.7 cm³/mol. The Bertz CT molecular complexity index is 492. The lowest BCUT2D eigenvalue weighted by Crippen LogP contribution is -2.27. The van der Waals surface area contributed by atoms with Crippen LogP contribution in [0.2, 0.25) is 0 Å². The molecule has 2 nitrogen and oxygen atoms in total. The number of fused-ring (bicyclic) bond motifs is 3. The maximum absolute atomic E-state index is 6.17. The van der Waals surface area contributed by atoms with Crippen LogP contribution in [0, 0.1) is 13.8 Å². The monoisotopic (exact) mass is 245 g/mol. The maximum Gasteiger partial charge on any atom is 0.127 e. The van der Waals surface area contributed by atoms with Crippen LogP contribution < -0.4 is 10.1 Å². The van der Waals surface area contributed by atoms with Gasteiger partial charge in [-0.05, 0) is 64.7 Å². The number of hydrogen-bond acceptors (Lipinski definition) is 2. The topological polar surface area (TPSA) is 21.3 Å². The summed E-state index contributed by atoms with van der Waals surface area (Å²) in [5.74, 6) is 1.15. The van der Waals surface area contributed by atoms with E-state index in [4.69, 9.17) is 4.74 Å². The molecule has 2 aliphatic rings. The van der Waals surface area contributed by atoms with Crippen molar-refractivity contribution in [3.8, 4) is 5.75 Å². The Morgan fingerprint density at radius 3 is 2.28 bits per heavy atom. The van der Waals surface area contributed by atoms with Crippen LogP contribution in [0.3, 0.4) is 0 Å². The first-order chi connectivity index (χ1) is 8.20. The number of ether oxygens (including phenoxy) is 1. The molecule has 2 heteroatoms. The van der Waals surface area contributed by atoms with E-state index in [0.29, 0.717) is 0 Å². The van der Waals surface area contributed by atoms with Crippen molar-refractivity contribution in [2.75, 3.05) is 5.32 Å². The Morgan fingerprint density at radius 2 is 1.61 bits per heavy atom. The lowest BCUT2D eigenvalue weighted by molar-refractivity contribution is 0.137. The molecule has 0 fully saturated rings. The summed E-state index contributed by atoms with van der Waals surface area (Å²) in [6, 6.07) is 0. The molecule has 0 amide bonds. The van der Waals surface area contributed by atoms with Gasteiger partial charge < -0.3 is 10.1 Å². The van der Waals surface area contributed by atoms with E-state index in [2.05, 4.69) is 46.9 Å². The summed E-state index contributed by atoms with van der Waals surface area (Å²) in [6.45, 7) is 13.3. The van der Waals surface area contributed by atoms with Crippen molar-refractivity contribution in [3.05, 3.63) is 22.3 Å². The smallest absolute Gasteiger partial charge is 0.127 e. The normalized spacial score (nSPS) is 22.1. The largest absolute Gasteiger partial charge is 0.487 e. The molecule has 0 radical (unpaired) electrons. The van der Waals surface area contributed by atoms with Gasteiger partial charge in [-0.3, -0.25) is 0 Å². The average Bonchev–Trinajstić information content (AvgIpc) is 2.71. The molecule has 2 aliphatic heterocycles. The first kappa shape index (κ1) is 11.9. The Kier molecular flexibility index (Phi) is 2.13. The number of benzene rings is 1. The van der Waals surface area contributed by atoms with E-state index in [0.717, 1.165) is 18.6 Å². The molecule has 1 aromatic rings. The van der Waals surface area contributed by atoms with Crippen LogP contribution in [0.4, 0.5) is 5.69 Å². The second kappa shape index (κ2) is 3.23. The summed E-state index contributed by atoms with van der Waals surface area (Å²) in [4.78, 5) is 0. The molecule has 0 bridgehead atoms. The Hall–Kier alpha value is -1.18. The zero-order chi connectivity index (χ0) is 13.3. The van der Waals surface area contributed by atoms with E-state index in [9.17, 15) is 0 Å². The van der Waals surface area contributed by atoms with Gasteiger partial charge in [0.1, 0.15) is 11.4 Å². The highest BCUT2D eigenvalue weighted by Gasteiger charge is 2.39. The third kappa shape index (κ3) is 1.54. The van der Waals surface area contributed by atoms with Crippen LogP contribution in [0.15, 0.2) is 0 Å². The standard InChI is InChI=1S/C16H23NO/c1-9-10(2)14-12(8-16(5,6)18-14)11-7-15(3,4)17-13(9)11/h17H,7-8H2,1-6H3. The first-order valence-electron chi connectivity index (χ1n) is 6.82. The van der Waals surface area contributed by atoms with Crippen LogP contribution in [-0.2, 0) is 12.8 Å². The fourth-order valence-corrected chi connectivity index (χ4v) is 3.35. The molecule has 0 aromatic heterocycles. The van der Waals surface area contributed by atoms with Crippen molar-refractivity contribution in [1.29, 1.82) is 0 Å². The van der Waals surface area contributed by atoms with Crippen LogP contribution in [0.1, 0.15) is 49.9 Å². The first-order valence-corrected chi connectivity index (χ1v) is 6.82. The molecule has 0 aliphatic carbocycles. The van der Waals surface area contributed by atoms with Crippen molar-refractivity contribution in [3.63, 3.8) is 0 Å². The Morgan fingerprint density at radius 1 is 0.944 bits per heavy atom. The van der Waals surface area contributed by atoms with E-state index in [1.54, 1.807) is 0 Å². The highest BCUT2D eigenvalue weighted by Crippen LogP contribution is 2.48. The lowest BCUT2D eigenvalue weighted by Gasteiger charge is -2.20. The van der Waals surface area contributed by atoms with Gasteiger partial charge in [0.15, 0.2) is 0 Å². The minimum Gasteiger partial charge on any atom is -0.487 e. The van der Waals surface area contributed by atoms with Crippen molar-refractivity contribution >= 4 is 5.69 Å². The maximum atomic E-state index is 6.17. The molecule has 0 saturated heterocycles. The molecular weight excluding hydrogens is 222 g/mol. The van der Waals surface area contributed by atoms with Gasteiger partial charge in [-0.2, -0.15) is 0 Å². The number of nitrogens with one attached hydrogen (secondary N) is 1. The van der Waals surface area contributed by atoms with Crippen molar-refractivity contribution in [2.45, 2.75) is 65.5 Å². The van der Waals surface area contributed by atoms with Crippen LogP contribution in [0.25, 0.3) is 0 Å². The van der Waals surface area contributed by atoms with Crippen LogP contribution >= 0.6 is 0 Å². The summed E-state index contributed by atoms with van der Waals surface area (Å²) >= 11 is 0. The molecule has 1 aromatic carbocycles. The zero-order valence-electron chi connectivity index (χ0n) is 12.3. The van der Waals surface area contributed by atoms with E-state index < -0.39 is 0 Å². The average molecular weight is 245 g/mol. The van der Waals surface area contributed by atoms with Gasteiger partial charge in [0, 0.05) is 23.2 Å². The summed E-state index contributed by atoms with van der Waals surface area (Å²) in [6.07, 6.45) is 2.13. The quantitative estimate of drug-likeness (QED) is 0.751. The van der Waals surface area contributed by atoms with Gasteiger partial charge in [-0.15, -0.1) is 0 Å². The Balaban J connectivity index is 2.23. The summed E-state index contributed by atoms with van der Waals surface area (Å²) in [5, 5.41) is 3.68. The van der Waals surface area contributed by atoms with E-state index in [1.165, 1.54) is 27.9 Å². The van der Waals surface area contributed by atoms with Gasteiger partial charge in [0.05, 0.1) is 0 Å². The molecule has 3 rings (SSSR count). The minimum absolute atomic E-state index is 0.0542. The van der Waals surface area contributed by atoms with Crippen molar-refractivity contribution in [2.24, 2.45) is 0 Å². The lowest BCUT2D eigenvalue weighted by atomic mass is 9.90. The predicted octanol–water partition coefficient (Wildman–Crippen LogP) is 3.76. The Labute approximate surface area is 110 Å². The SMILES string of the molecule is Cc1c(C)c2c(c3c1NC(C)(C)C3)CC(C)(C)O2. The molecule has 98 valence electrons. The van der Waals surface area contributed by atoms with Crippen LogP contribution in [-0.4, -0.2) is 11.1 Å². The highest BCUT2D eigenvalue weighted by atomic mass is 16.5. The number of rotatable bonds is 0. The van der Waals surface area contributed by atoms with Gasteiger partial charge in [0.2, 0.25) is 0 Å². The molecule has 0 atom stereocenters. The van der Waals surface area contributed by atoms with Crippen molar-refractivity contribution < 1.29 is 4.74 Å². The van der Waals surface area contributed by atoms with E-state index in [1.807, 2.05) is 0 Å². The summed E-state index contributed by atoms with van der Waals surface area (Å²) in [5.41, 5.74) is 7.06. The second-order valence-corrected chi connectivity index (χ2v) is 7.14. The van der Waals surface area contributed by atoms with Crippen molar-refractivity contribution in [1.82, 2.24) is 0 Å².